The fraction of sp³-hybridized carbons (Fsp3) is 0.900. The van der Waals surface area contributed by atoms with E-state index in [-0.39, 0.29) is 11.9 Å². The number of likely N-dealkylation sites (N-methyl/N-ethyl adjacent to an activating group) is 1. The standard InChI is InChI=1S/C10H21N3O/c1-4-5-9-10(14)13(8-11-9)7-6-12(2)3/h9,11H,4-8H2,1-3H3. The van der Waals surface area contributed by atoms with Crippen LogP contribution in [0.25, 0.3) is 0 Å². The number of amides is 1. The van der Waals surface area contributed by atoms with Crippen molar-refractivity contribution in [2.24, 2.45) is 0 Å². The second-order valence-corrected chi connectivity index (χ2v) is 4.11. The van der Waals surface area contributed by atoms with Crippen LogP contribution < -0.4 is 5.32 Å². The van der Waals surface area contributed by atoms with Gasteiger partial charge in [-0.1, -0.05) is 13.3 Å². The van der Waals surface area contributed by atoms with Crippen LogP contribution in [0, 0.1) is 0 Å². The smallest absolute Gasteiger partial charge is 0.240 e. The summed E-state index contributed by atoms with van der Waals surface area (Å²) in [4.78, 5) is 15.8. The van der Waals surface area contributed by atoms with Gasteiger partial charge >= 0.3 is 0 Å². The molecule has 14 heavy (non-hydrogen) atoms. The summed E-state index contributed by atoms with van der Waals surface area (Å²) < 4.78 is 0. The van der Waals surface area contributed by atoms with Crippen molar-refractivity contribution in [3.63, 3.8) is 0 Å². The first kappa shape index (κ1) is 11.5. The molecule has 0 aromatic heterocycles. The fourth-order valence-electron chi connectivity index (χ4n) is 1.63. The molecule has 4 heteroatoms. The minimum absolute atomic E-state index is 0.0714. The molecule has 0 aromatic rings. The molecule has 1 rings (SSSR count). The number of nitrogens with one attached hydrogen (secondary N) is 1. The van der Waals surface area contributed by atoms with Crippen LogP contribution in [0.3, 0.4) is 0 Å². The lowest BCUT2D eigenvalue weighted by molar-refractivity contribution is -0.129. The molecule has 1 aliphatic rings. The van der Waals surface area contributed by atoms with Crippen molar-refractivity contribution in [1.82, 2.24) is 15.1 Å². The average molecular weight is 199 g/mol. The molecule has 0 saturated carbocycles. The second-order valence-electron chi connectivity index (χ2n) is 4.11. The Bertz CT molecular complexity index is 194. The van der Waals surface area contributed by atoms with Crippen molar-refractivity contribution in [2.75, 3.05) is 33.9 Å². The van der Waals surface area contributed by atoms with E-state index < -0.39 is 0 Å². The van der Waals surface area contributed by atoms with Crippen molar-refractivity contribution in [2.45, 2.75) is 25.8 Å². The van der Waals surface area contributed by atoms with Crippen LogP contribution in [-0.4, -0.2) is 55.6 Å². The van der Waals surface area contributed by atoms with Crippen LogP contribution in [0.2, 0.25) is 0 Å². The van der Waals surface area contributed by atoms with Crippen molar-refractivity contribution in [3.8, 4) is 0 Å². The number of nitrogens with zero attached hydrogens (tertiary/aromatic N) is 2. The zero-order valence-electron chi connectivity index (χ0n) is 9.42. The lowest BCUT2D eigenvalue weighted by Gasteiger charge is -2.18. The predicted molar refractivity (Wildman–Crippen MR) is 57.0 cm³/mol. The van der Waals surface area contributed by atoms with E-state index in [1.807, 2.05) is 19.0 Å². The summed E-state index contributed by atoms with van der Waals surface area (Å²) in [5.41, 5.74) is 0. The van der Waals surface area contributed by atoms with Crippen LogP contribution >= 0.6 is 0 Å². The molecule has 1 saturated heterocycles. The highest BCUT2D eigenvalue weighted by molar-refractivity contribution is 5.83. The molecular weight excluding hydrogens is 178 g/mol. The molecule has 0 aliphatic carbocycles. The lowest BCUT2D eigenvalue weighted by Crippen LogP contribution is -2.35. The Balaban J connectivity index is 2.32. The minimum Gasteiger partial charge on any atom is -0.327 e. The van der Waals surface area contributed by atoms with E-state index in [1.165, 1.54) is 0 Å². The van der Waals surface area contributed by atoms with Gasteiger partial charge in [-0.3, -0.25) is 10.1 Å². The maximum absolute atomic E-state index is 11.8. The molecule has 0 spiro atoms. The van der Waals surface area contributed by atoms with Crippen molar-refractivity contribution in [1.29, 1.82) is 0 Å². The van der Waals surface area contributed by atoms with Crippen molar-refractivity contribution >= 4 is 5.91 Å². The van der Waals surface area contributed by atoms with E-state index >= 15 is 0 Å². The average Bonchev–Trinajstić information content (AvgIpc) is 2.46. The summed E-state index contributed by atoms with van der Waals surface area (Å²) in [6, 6.07) is 0.0714. The summed E-state index contributed by atoms with van der Waals surface area (Å²) in [5.74, 6) is 0.272. The van der Waals surface area contributed by atoms with Gasteiger partial charge in [-0.05, 0) is 20.5 Å². The largest absolute Gasteiger partial charge is 0.327 e. The van der Waals surface area contributed by atoms with E-state index in [2.05, 4.69) is 17.1 Å². The van der Waals surface area contributed by atoms with Crippen molar-refractivity contribution < 1.29 is 4.79 Å². The van der Waals surface area contributed by atoms with Gasteiger partial charge < -0.3 is 9.80 Å². The van der Waals surface area contributed by atoms with Gasteiger partial charge in [-0.15, -0.1) is 0 Å². The Morgan fingerprint density at radius 1 is 1.57 bits per heavy atom. The fourth-order valence-corrected chi connectivity index (χ4v) is 1.63. The molecule has 1 amide bonds. The number of carbonyl (C=O) groups excluding carboxylic acids is 1. The highest BCUT2D eigenvalue weighted by Crippen LogP contribution is 2.08. The molecule has 1 heterocycles. The maximum Gasteiger partial charge on any atom is 0.240 e. The predicted octanol–water partition coefficient (Wildman–Crippen LogP) is 0.106. The van der Waals surface area contributed by atoms with Crippen LogP contribution in [0.1, 0.15) is 19.8 Å². The highest BCUT2D eigenvalue weighted by atomic mass is 16.2. The number of hydrogen-bond donors (Lipinski definition) is 1. The summed E-state index contributed by atoms with van der Waals surface area (Å²) in [7, 11) is 4.05. The zero-order valence-corrected chi connectivity index (χ0v) is 9.42. The first-order chi connectivity index (χ1) is 6.65. The molecule has 1 N–H and O–H groups in total. The van der Waals surface area contributed by atoms with Gasteiger partial charge in [0.25, 0.3) is 0 Å². The molecular formula is C10H21N3O. The van der Waals surface area contributed by atoms with Crippen LogP contribution in [0.4, 0.5) is 0 Å². The second kappa shape index (κ2) is 5.32. The SMILES string of the molecule is CCCC1NCN(CCN(C)C)C1=O. The molecule has 4 nitrogen and oxygen atoms in total. The summed E-state index contributed by atoms with van der Waals surface area (Å²) in [5, 5.41) is 3.24. The van der Waals surface area contributed by atoms with Gasteiger partial charge in [0.1, 0.15) is 0 Å². The quantitative estimate of drug-likeness (QED) is 0.682. The number of carbonyl (C=O) groups is 1. The third-order valence-electron chi connectivity index (χ3n) is 2.53. The third-order valence-corrected chi connectivity index (χ3v) is 2.53. The Hall–Kier alpha value is -0.610. The van der Waals surface area contributed by atoms with Crippen LogP contribution in [0.5, 0.6) is 0 Å². The van der Waals surface area contributed by atoms with E-state index in [4.69, 9.17) is 0 Å². The number of hydrogen-bond acceptors (Lipinski definition) is 3. The highest BCUT2D eigenvalue weighted by Gasteiger charge is 2.29. The first-order valence-corrected chi connectivity index (χ1v) is 5.32. The first-order valence-electron chi connectivity index (χ1n) is 5.32. The van der Waals surface area contributed by atoms with Gasteiger partial charge in [0, 0.05) is 13.1 Å². The summed E-state index contributed by atoms with van der Waals surface area (Å²) in [6.07, 6.45) is 2.02. The van der Waals surface area contributed by atoms with E-state index in [0.717, 1.165) is 32.6 Å². The monoisotopic (exact) mass is 199 g/mol. The van der Waals surface area contributed by atoms with E-state index in [9.17, 15) is 4.79 Å². The Labute approximate surface area is 86.2 Å². The van der Waals surface area contributed by atoms with E-state index in [1.54, 1.807) is 0 Å². The third kappa shape index (κ3) is 2.96. The molecule has 0 aromatic carbocycles. The maximum atomic E-state index is 11.8. The molecule has 1 unspecified atom stereocenters. The Morgan fingerprint density at radius 2 is 2.29 bits per heavy atom. The van der Waals surface area contributed by atoms with Gasteiger partial charge in [0.2, 0.25) is 5.91 Å². The van der Waals surface area contributed by atoms with Gasteiger partial charge in [0.15, 0.2) is 0 Å². The van der Waals surface area contributed by atoms with E-state index in [0.29, 0.717) is 0 Å². The topological polar surface area (TPSA) is 35.6 Å². The van der Waals surface area contributed by atoms with Crippen molar-refractivity contribution in [3.05, 3.63) is 0 Å². The van der Waals surface area contributed by atoms with Gasteiger partial charge in [-0.25, -0.2) is 0 Å². The number of rotatable bonds is 5. The molecule has 0 radical (unpaired) electrons. The zero-order chi connectivity index (χ0) is 10.6. The minimum atomic E-state index is 0.0714. The normalized spacial score (nSPS) is 22.4. The van der Waals surface area contributed by atoms with Crippen LogP contribution in [0.15, 0.2) is 0 Å². The molecule has 0 bridgehead atoms. The molecule has 82 valence electrons. The Morgan fingerprint density at radius 3 is 2.86 bits per heavy atom. The molecule has 1 fully saturated rings. The summed E-state index contributed by atoms with van der Waals surface area (Å²) in [6.45, 7) is 4.60. The lowest BCUT2D eigenvalue weighted by atomic mass is 10.2. The Kier molecular flexibility index (Phi) is 4.35. The van der Waals surface area contributed by atoms with Crippen LogP contribution in [-0.2, 0) is 4.79 Å². The summed E-state index contributed by atoms with van der Waals surface area (Å²) >= 11 is 0. The molecule has 1 aliphatic heterocycles. The van der Waals surface area contributed by atoms with Gasteiger partial charge in [0.05, 0.1) is 12.7 Å². The molecule has 1 atom stereocenters. The van der Waals surface area contributed by atoms with Gasteiger partial charge in [-0.2, -0.15) is 0 Å².